The van der Waals surface area contributed by atoms with Gasteiger partial charge in [-0.15, -0.1) is 0 Å². The molecule has 1 rings (SSSR count). The van der Waals surface area contributed by atoms with Gasteiger partial charge in [0.2, 0.25) is 5.91 Å². The predicted molar refractivity (Wildman–Crippen MR) is 78.2 cm³/mol. The van der Waals surface area contributed by atoms with E-state index < -0.39 is 0 Å². The van der Waals surface area contributed by atoms with Crippen LogP contribution in [0.2, 0.25) is 0 Å². The molecule has 4 heteroatoms. The van der Waals surface area contributed by atoms with E-state index in [1.807, 2.05) is 18.9 Å². The molecule has 0 aliphatic carbocycles. The van der Waals surface area contributed by atoms with Crippen LogP contribution >= 0.6 is 0 Å². The molecule has 0 aromatic rings. The largest absolute Gasteiger partial charge is 0.375 e. The van der Waals surface area contributed by atoms with Gasteiger partial charge < -0.3 is 9.64 Å². The Morgan fingerprint density at radius 2 is 2.21 bits per heavy atom. The fourth-order valence-corrected chi connectivity index (χ4v) is 2.47. The smallest absolute Gasteiger partial charge is 0.225 e. The molecule has 1 aliphatic rings. The molecular weight excluding hydrogens is 240 g/mol. The van der Waals surface area contributed by atoms with Crippen LogP contribution in [0.5, 0.6) is 0 Å². The van der Waals surface area contributed by atoms with Gasteiger partial charge in [0.05, 0.1) is 12.7 Å². The number of carbonyl (C=O) groups excluding carboxylic acids is 1. The van der Waals surface area contributed by atoms with Crippen LogP contribution in [0.15, 0.2) is 0 Å². The fourth-order valence-electron chi connectivity index (χ4n) is 2.47. The summed E-state index contributed by atoms with van der Waals surface area (Å²) in [6.07, 6.45) is 3.33. The van der Waals surface area contributed by atoms with Crippen LogP contribution in [0.25, 0.3) is 0 Å². The van der Waals surface area contributed by atoms with Crippen LogP contribution in [0.3, 0.4) is 0 Å². The second-order valence-corrected chi connectivity index (χ2v) is 5.65. The van der Waals surface area contributed by atoms with E-state index in [2.05, 4.69) is 18.7 Å². The number of hydrogen-bond donors (Lipinski definition) is 0. The second-order valence-electron chi connectivity index (χ2n) is 5.65. The molecule has 19 heavy (non-hydrogen) atoms. The van der Waals surface area contributed by atoms with Crippen molar-refractivity contribution < 1.29 is 9.53 Å². The van der Waals surface area contributed by atoms with Gasteiger partial charge in [0, 0.05) is 32.6 Å². The van der Waals surface area contributed by atoms with Crippen molar-refractivity contribution in [2.45, 2.75) is 46.1 Å². The van der Waals surface area contributed by atoms with E-state index in [0.717, 1.165) is 45.6 Å². The molecule has 1 unspecified atom stereocenters. The Bertz CT molecular complexity index is 269. The maximum atomic E-state index is 12.0. The number of amides is 1. The highest BCUT2D eigenvalue weighted by Crippen LogP contribution is 2.11. The van der Waals surface area contributed by atoms with E-state index >= 15 is 0 Å². The van der Waals surface area contributed by atoms with E-state index in [0.29, 0.717) is 0 Å². The van der Waals surface area contributed by atoms with Gasteiger partial charge in [-0.3, -0.25) is 9.69 Å². The summed E-state index contributed by atoms with van der Waals surface area (Å²) in [5.41, 5.74) is 0. The molecule has 1 aliphatic heterocycles. The standard InChI is InChI=1S/C15H30N2O2/c1-5-8-17-10-11-19-14(12-17)7-9-16(4)15(18)13(3)6-2/h13-14H,5-12H2,1-4H3/t13?,14-/m1/s1. The van der Waals surface area contributed by atoms with Gasteiger partial charge in [-0.25, -0.2) is 0 Å². The van der Waals surface area contributed by atoms with Crippen molar-refractivity contribution in [3.8, 4) is 0 Å². The fraction of sp³-hybridized carbons (Fsp3) is 0.933. The molecule has 0 saturated carbocycles. The third kappa shape index (κ3) is 5.49. The predicted octanol–water partition coefficient (Wildman–Crippen LogP) is 1.99. The van der Waals surface area contributed by atoms with Gasteiger partial charge in [0.25, 0.3) is 0 Å². The Kier molecular flexibility index (Phi) is 7.39. The van der Waals surface area contributed by atoms with Gasteiger partial charge in [-0.2, -0.15) is 0 Å². The molecule has 0 bridgehead atoms. The average Bonchev–Trinajstić information content (AvgIpc) is 2.44. The normalized spacial score (nSPS) is 22.2. The van der Waals surface area contributed by atoms with Gasteiger partial charge in [0.15, 0.2) is 0 Å². The first-order valence-electron chi connectivity index (χ1n) is 7.67. The average molecular weight is 270 g/mol. The third-order valence-corrected chi connectivity index (χ3v) is 3.96. The highest BCUT2D eigenvalue weighted by Gasteiger charge is 2.21. The Hall–Kier alpha value is -0.610. The minimum absolute atomic E-state index is 0.133. The van der Waals surface area contributed by atoms with Crippen LogP contribution in [0.1, 0.15) is 40.0 Å². The Morgan fingerprint density at radius 3 is 2.84 bits per heavy atom. The van der Waals surface area contributed by atoms with E-state index in [1.54, 1.807) is 0 Å². The van der Waals surface area contributed by atoms with Crippen LogP contribution in [0, 0.1) is 5.92 Å². The summed E-state index contributed by atoms with van der Waals surface area (Å²) in [6, 6.07) is 0. The van der Waals surface area contributed by atoms with Gasteiger partial charge in [-0.1, -0.05) is 20.8 Å². The molecule has 112 valence electrons. The summed E-state index contributed by atoms with van der Waals surface area (Å²) >= 11 is 0. The van der Waals surface area contributed by atoms with Crippen molar-refractivity contribution in [3.05, 3.63) is 0 Å². The summed E-state index contributed by atoms with van der Waals surface area (Å²) in [5, 5.41) is 0. The number of carbonyl (C=O) groups is 1. The first-order valence-corrected chi connectivity index (χ1v) is 7.67. The highest BCUT2D eigenvalue weighted by atomic mass is 16.5. The molecule has 4 nitrogen and oxygen atoms in total. The number of morpholine rings is 1. The first-order chi connectivity index (χ1) is 9.08. The zero-order chi connectivity index (χ0) is 14.3. The lowest BCUT2D eigenvalue weighted by atomic mass is 10.1. The Labute approximate surface area is 118 Å². The number of ether oxygens (including phenoxy) is 1. The van der Waals surface area contributed by atoms with Crippen LogP contribution in [0.4, 0.5) is 0 Å². The van der Waals surface area contributed by atoms with Crippen molar-refractivity contribution in [3.63, 3.8) is 0 Å². The van der Waals surface area contributed by atoms with E-state index in [1.165, 1.54) is 6.42 Å². The minimum Gasteiger partial charge on any atom is -0.375 e. The summed E-state index contributed by atoms with van der Waals surface area (Å²) in [5.74, 6) is 0.387. The van der Waals surface area contributed by atoms with Crippen molar-refractivity contribution in [1.82, 2.24) is 9.80 Å². The van der Waals surface area contributed by atoms with Crippen molar-refractivity contribution in [2.24, 2.45) is 5.92 Å². The molecule has 1 amide bonds. The molecule has 1 saturated heterocycles. The first kappa shape index (κ1) is 16.4. The quantitative estimate of drug-likeness (QED) is 0.709. The number of hydrogen-bond acceptors (Lipinski definition) is 3. The molecule has 0 spiro atoms. The monoisotopic (exact) mass is 270 g/mol. The summed E-state index contributed by atoms with van der Waals surface area (Å²) in [6.45, 7) is 11.1. The number of nitrogens with zero attached hydrogens (tertiary/aromatic N) is 2. The van der Waals surface area contributed by atoms with Crippen LogP contribution in [-0.4, -0.2) is 61.6 Å². The Balaban J connectivity index is 2.29. The maximum Gasteiger partial charge on any atom is 0.225 e. The number of rotatable bonds is 7. The van der Waals surface area contributed by atoms with E-state index in [9.17, 15) is 4.79 Å². The topological polar surface area (TPSA) is 32.8 Å². The minimum atomic E-state index is 0.133. The molecular formula is C15H30N2O2. The lowest BCUT2D eigenvalue weighted by Crippen LogP contribution is -2.44. The van der Waals surface area contributed by atoms with Crippen LogP contribution in [-0.2, 0) is 9.53 Å². The zero-order valence-electron chi connectivity index (χ0n) is 13.0. The SMILES string of the molecule is CCCN1CCO[C@H](CCN(C)C(=O)C(C)CC)C1. The van der Waals surface area contributed by atoms with E-state index in [-0.39, 0.29) is 17.9 Å². The molecule has 1 fully saturated rings. The highest BCUT2D eigenvalue weighted by molar-refractivity contribution is 5.78. The lowest BCUT2D eigenvalue weighted by molar-refractivity contribution is -0.134. The molecule has 1 heterocycles. The Morgan fingerprint density at radius 1 is 1.47 bits per heavy atom. The zero-order valence-corrected chi connectivity index (χ0v) is 13.0. The van der Waals surface area contributed by atoms with Gasteiger partial charge >= 0.3 is 0 Å². The molecule has 0 aromatic carbocycles. The summed E-state index contributed by atoms with van der Waals surface area (Å²) in [4.78, 5) is 16.3. The van der Waals surface area contributed by atoms with Crippen molar-refractivity contribution in [1.29, 1.82) is 0 Å². The molecule has 0 aromatic heterocycles. The van der Waals surface area contributed by atoms with Gasteiger partial charge in [-0.05, 0) is 25.8 Å². The third-order valence-electron chi connectivity index (χ3n) is 3.96. The van der Waals surface area contributed by atoms with Gasteiger partial charge in [0.1, 0.15) is 0 Å². The van der Waals surface area contributed by atoms with Crippen molar-refractivity contribution in [2.75, 3.05) is 39.8 Å². The summed E-state index contributed by atoms with van der Waals surface area (Å²) < 4.78 is 5.79. The lowest BCUT2D eigenvalue weighted by Gasteiger charge is -2.33. The second kappa shape index (κ2) is 8.54. The summed E-state index contributed by atoms with van der Waals surface area (Å²) in [7, 11) is 1.90. The molecule has 0 N–H and O–H groups in total. The maximum absolute atomic E-state index is 12.0. The molecule has 2 atom stereocenters. The van der Waals surface area contributed by atoms with Crippen molar-refractivity contribution >= 4 is 5.91 Å². The molecule has 0 radical (unpaired) electrons. The van der Waals surface area contributed by atoms with Crippen LogP contribution < -0.4 is 0 Å². The van der Waals surface area contributed by atoms with E-state index in [4.69, 9.17) is 4.74 Å².